The number of nitrogens with one attached hydrogen (secondary N) is 1. The molecule has 1 fully saturated rings. The normalized spacial score (nSPS) is 15.8. The zero-order chi connectivity index (χ0) is 15.5. The van der Waals surface area contributed by atoms with E-state index in [0.717, 1.165) is 29.8 Å². The second-order valence-electron chi connectivity index (χ2n) is 5.29. The van der Waals surface area contributed by atoms with Gasteiger partial charge in [-0.3, -0.25) is 0 Å². The molecule has 5 nitrogen and oxygen atoms in total. The van der Waals surface area contributed by atoms with Crippen molar-refractivity contribution in [3.05, 3.63) is 15.8 Å². The Labute approximate surface area is 131 Å². The molecule has 1 aromatic rings. The predicted octanol–water partition coefficient (Wildman–Crippen LogP) is 1.97. The van der Waals surface area contributed by atoms with Crippen molar-refractivity contribution >= 4 is 21.4 Å². The van der Waals surface area contributed by atoms with E-state index in [0.29, 0.717) is 24.6 Å². The lowest BCUT2D eigenvalue weighted by Crippen LogP contribution is -2.36. The van der Waals surface area contributed by atoms with E-state index in [1.54, 1.807) is 11.4 Å². The average Bonchev–Trinajstić information content (AvgIpc) is 3.19. The standard InChI is InChI=1S/C14H24N2O3S2/c1-4-15-9-13-14(11(2)10-20-13)21(17,18)16(7-8-19-3)12-5-6-12/h10,12,15H,4-9H2,1-3H3. The lowest BCUT2D eigenvalue weighted by atomic mass is 10.3. The van der Waals surface area contributed by atoms with Crippen LogP contribution in [0.1, 0.15) is 30.2 Å². The minimum Gasteiger partial charge on any atom is -0.383 e. The molecule has 120 valence electrons. The van der Waals surface area contributed by atoms with Crippen LogP contribution in [0.5, 0.6) is 0 Å². The topological polar surface area (TPSA) is 58.6 Å². The summed E-state index contributed by atoms with van der Waals surface area (Å²) >= 11 is 1.52. The summed E-state index contributed by atoms with van der Waals surface area (Å²) < 4.78 is 32.8. The molecule has 0 aliphatic heterocycles. The minimum atomic E-state index is -3.43. The highest BCUT2D eigenvalue weighted by Crippen LogP contribution is 2.36. The lowest BCUT2D eigenvalue weighted by molar-refractivity contribution is 0.177. The summed E-state index contributed by atoms with van der Waals surface area (Å²) in [5, 5.41) is 5.15. The van der Waals surface area contributed by atoms with Gasteiger partial charge in [0, 0.05) is 31.1 Å². The van der Waals surface area contributed by atoms with Gasteiger partial charge >= 0.3 is 0 Å². The maximum absolute atomic E-state index is 13.0. The highest BCUT2D eigenvalue weighted by Gasteiger charge is 2.39. The molecule has 0 spiro atoms. The highest BCUT2D eigenvalue weighted by atomic mass is 32.2. The summed E-state index contributed by atoms with van der Waals surface area (Å²) in [4.78, 5) is 1.40. The highest BCUT2D eigenvalue weighted by molar-refractivity contribution is 7.89. The Morgan fingerprint density at radius 1 is 1.48 bits per heavy atom. The van der Waals surface area contributed by atoms with Crippen LogP contribution in [0.4, 0.5) is 0 Å². The zero-order valence-corrected chi connectivity index (χ0v) is 14.5. The van der Waals surface area contributed by atoms with Crippen molar-refractivity contribution in [2.75, 3.05) is 26.8 Å². The van der Waals surface area contributed by atoms with Crippen LogP contribution in [0.2, 0.25) is 0 Å². The van der Waals surface area contributed by atoms with E-state index in [2.05, 4.69) is 5.32 Å². The van der Waals surface area contributed by atoms with E-state index in [4.69, 9.17) is 4.74 Å². The van der Waals surface area contributed by atoms with Crippen LogP contribution >= 0.6 is 11.3 Å². The van der Waals surface area contributed by atoms with E-state index in [9.17, 15) is 8.42 Å². The second-order valence-corrected chi connectivity index (χ2v) is 8.08. The number of sulfonamides is 1. The number of aryl methyl sites for hydroxylation is 1. The van der Waals surface area contributed by atoms with Crippen LogP contribution < -0.4 is 5.32 Å². The molecule has 0 amide bonds. The Balaban J connectivity index is 2.30. The molecule has 21 heavy (non-hydrogen) atoms. The largest absolute Gasteiger partial charge is 0.383 e. The first-order valence-corrected chi connectivity index (χ1v) is 9.62. The van der Waals surface area contributed by atoms with E-state index in [1.165, 1.54) is 11.3 Å². The lowest BCUT2D eigenvalue weighted by Gasteiger charge is -2.22. The van der Waals surface area contributed by atoms with Crippen molar-refractivity contribution in [1.29, 1.82) is 0 Å². The molecule has 1 aliphatic carbocycles. The monoisotopic (exact) mass is 332 g/mol. The Morgan fingerprint density at radius 3 is 2.76 bits per heavy atom. The summed E-state index contributed by atoms with van der Waals surface area (Å²) in [6.45, 7) is 6.18. The molecule has 1 aliphatic rings. The third kappa shape index (κ3) is 3.84. The molecule has 0 saturated heterocycles. The minimum absolute atomic E-state index is 0.149. The van der Waals surface area contributed by atoms with Gasteiger partial charge in [-0.2, -0.15) is 4.31 Å². The van der Waals surface area contributed by atoms with Gasteiger partial charge in [0.05, 0.1) is 6.61 Å². The van der Waals surface area contributed by atoms with Gasteiger partial charge in [0.25, 0.3) is 0 Å². The Bertz CT molecular complexity index is 565. The Hall–Kier alpha value is -0.470. The van der Waals surface area contributed by atoms with Crippen LogP contribution in [-0.2, 0) is 21.3 Å². The summed E-state index contributed by atoms with van der Waals surface area (Å²) in [7, 11) is -1.83. The molecule has 1 aromatic heterocycles. The predicted molar refractivity (Wildman–Crippen MR) is 85.2 cm³/mol. The molecule has 0 aromatic carbocycles. The zero-order valence-electron chi connectivity index (χ0n) is 12.9. The summed E-state index contributed by atoms with van der Waals surface area (Å²) in [5.41, 5.74) is 0.843. The fraction of sp³-hybridized carbons (Fsp3) is 0.714. The summed E-state index contributed by atoms with van der Waals surface area (Å²) in [5.74, 6) is 0. The first-order valence-electron chi connectivity index (χ1n) is 7.30. The Kier molecular flexibility index (Phi) is 5.79. The molecule has 1 heterocycles. The first kappa shape index (κ1) is 16.9. The first-order chi connectivity index (χ1) is 10.0. The molecule has 0 atom stereocenters. The van der Waals surface area contributed by atoms with Crippen LogP contribution in [0.25, 0.3) is 0 Å². The van der Waals surface area contributed by atoms with Crippen LogP contribution in [0.15, 0.2) is 10.3 Å². The molecule has 1 N–H and O–H groups in total. The average molecular weight is 332 g/mol. The molecule has 0 bridgehead atoms. The van der Waals surface area contributed by atoms with Crippen molar-refractivity contribution in [3.8, 4) is 0 Å². The number of hydrogen-bond donors (Lipinski definition) is 1. The van der Waals surface area contributed by atoms with Crippen molar-refractivity contribution < 1.29 is 13.2 Å². The third-order valence-electron chi connectivity index (χ3n) is 3.56. The smallest absolute Gasteiger partial charge is 0.244 e. The third-order valence-corrected chi connectivity index (χ3v) is 6.98. The fourth-order valence-electron chi connectivity index (χ4n) is 2.35. The van der Waals surface area contributed by atoms with E-state index >= 15 is 0 Å². The van der Waals surface area contributed by atoms with Gasteiger partial charge in [-0.05, 0) is 37.3 Å². The SMILES string of the molecule is CCNCc1scc(C)c1S(=O)(=O)N(CCOC)C1CC1. The molecule has 0 unspecified atom stereocenters. The number of methoxy groups -OCH3 is 1. The fourth-order valence-corrected chi connectivity index (χ4v) is 5.76. The van der Waals surface area contributed by atoms with Crippen molar-refractivity contribution in [3.63, 3.8) is 0 Å². The Morgan fingerprint density at radius 2 is 2.19 bits per heavy atom. The van der Waals surface area contributed by atoms with E-state index < -0.39 is 10.0 Å². The number of rotatable bonds is 9. The quantitative estimate of drug-likeness (QED) is 0.751. The molecular formula is C14H24N2O3S2. The molecular weight excluding hydrogens is 308 g/mol. The van der Waals surface area contributed by atoms with Gasteiger partial charge in [-0.25, -0.2) is 8.42 Å². The number of ether oxygens (including phenoxy) is 1. The van der Waals surface area contributed by atoms with E-state index in [1.807, 2.05) is 19.2 Å². The van der Waals surface area contributed by atoms with Gasteiger partial charge < -0.3 is 10.1 Å². The van der Waals surface area contributed by atoms with Gasteiger partial charge in [-0.15, -0.1) is 11.3 Å². The second kappa shape index (κ2) is 7.19. The van der Waals surface area contributed by atoms with E-state index in [-0.39, 0.29) is 6.04 Å². The van der Waals surface area contributed by atoms with Gasteiger partial charge in [0.1, 0.15) is 4.90 Å². The van der Waals surface area contributed by atoms with Crippen molar-refractivity contribution in [2.24, 2.45) is 0 Å². The maximum atomic E-state index is 13.0. The number of thiophene rings is 1. The van der Waals surface area contributed by atoms with Crippen molar-refractivity contribution in [1.82, 2.24) is 9.62 Å². The molecule has 7 heteroatoms. The molecule has 1 saturated carbocycles. The van der Waals surface area contributed by atoms with Crippen LogP contribution in [-0.4, -0.2) is 45.6 Å². The van der Waals surface area contributed by atoms with Crippen LogP contribution in [0, 0.1) is 6.92 Å². The summed E-state index contributed by atoms with van der Waals surface area (Å²) in [6.07, 6.45) is 1.91. The summed E-state index contributed by atoms with van der Waals surface area (Å²) in [6, 6.07) is 0.149. The van der Waals surface area contributed by atoms with Crippen LogP contribution in [0.3, 0.4) is 0 Å². The molecule has 2 rings (SSSR count). The molecule has 0 radical (unpaired) electrons. The number of hydrogen-bond acceptors (Lipinski definition) is 5. The van der Waals surface area contributed by atoms with Crippen molar-refractivity contribution in [2.45, 2.75) is 44.2 Å². The van der Waals surface area contributed by atoms with Gasteiger partial charge in [0.2, 0.25) is 10.0 Å². The van der Waals surface area contributed by atoms with Gasteiger partial charge in [-0.1, -0.05) is 6.92 Å². The maximum Gasteiger partial charge on any atom is 0.244 e. The number of nitrogens with zero attached hydrogens (tertiary/aromatic N) is 1. The van der Waals surface area contributed by atoms with Gasteiger partial charge in [0.15, 0.2) is 0 Å².